The quantitative estimate of drug-likeness (QED) is 0.291. The average Bonchev–Trinajstić information content (AvgIpc) is 3.27. The standard InChI is InChI=1S/C31H44N2O5/c1-31(2)36-23-27-21-26(13-14-28(27)38-31)29-22-33(30(34)37-29)17-6-3-4-7-18-35-19-8-5-10-24-11-9-12-25(20-24)15-16-32/h9,11-14,20-21,29H,3-8,10,15-19,22-23,32H2,1-2H3. The minimum absolute atomic E-state index is 0.226. The Bertz CT molecular complexity index is 1040. The summed E-state index contributed by atoms with van der Waals surface area (Å²) in [6.07, 6.45) is 8.03. The highest BCUT2D eigenvalue weighted by Gasteiger charge is 2.33. The number of nitrogens with two attached hydrogens (primary N) is 1. The highest BCUT2D eigenvalue weighted by Crippen LogP contribution is 2.35. The normalized spacial score (nSPS) is 18.2. The lowest BCUT2D eigenvalue weighted by Crippen LogP contribution is -2.35. The maximum atomic E-state index is 12.4. The number of cyclic esters (lactones) is 1. The van der Waals surface area contributed by atoms with Gasteiger partial charge in [-0.25, -0.2) is 4.79 Å². The van der Waals surface area contributed by atoms with Crippen LogP contribution >= 0.6 is 0 Å². The van der Waals surface area contributed by atoms with Crippen LogP contribution in [-0.4, -0.2) is 49.6 Å². The van der Waals surface area contributed by atoms with Gasteiger partial charge in [0.25, 0.3) is 0 Å². The first kappa shape index (κ1) is 28.4. The van der Waals surface area contributed by atoms with Crippen molar-refractivity contribution in [3.8, 4) is 5.75 Å². The zero-order chi connectivity index (χ0) is 26.8. The van der Waals surface area contributed by atoms with Crippen molar-refractivity contribution < 1.29 is 23.7 Å². The summed E-state index contributed by atoms with van der Waals surface area (Å²) >= 11 is 0. The van der Waals surface area contributed by atoms with Gasteiger partial charge in [0.05, 0.1) is 13.2 Å². The van der Waals surface area contributed by atoms with E-state index in [1.54, 1.807) is 0 Å². The summed E-state index contributed by atoms with van der Waals surface area (Å²) in [4.78, 5) is 14.2. The van der Waals surface area contributed by atoms with Gasteiger partial charge in [-0.05, 0) is 73.9 Å². The molecule has 2 aliphatic rings. The molecule has 2 N–H and O–H groups in total. The number of benzene rings is 2. The van der Waals surface area contributed by atoms with Crippen molar-refractivity contribution in [1.29, 1.82) is 0 Å². The van der Waals surface area contributed by atoms with Gasteiger partial charge in [0.1, 0.15) is 11.9 Å². The largest absolute Gasteiger partial charge is 0.463 e. The first-order chi connectivity index (χ1) is 18.4. The zero-order valence-electron chi connectivity index (χ0n) is 23.1. The molecule has 7 nitrogen and oxygen atoms in total. The van der Waals surface area contributed by atoms with Gasteiger partial charge in [-0.3, -0.25) is 0 Å². The molecule has 2 aromatic rings. The lowest BCUT2D eigenvalue weighted by atomic mass is 10.0. The number of rotatable bonds is 15. The molecule has 7 heteroatoms. The van der Waals surface area contributed by atoms with E-state index in [-0.39, 0.29) is 12.2 Å². The Morgan fingerprint density at radius 2 is 1.74 bits per heavy atom. The number of nitrogens with zero attached hydrogens (tertiary/aromatic N) is 1. The van der Waals surface area contributed by atoms with E-state index >= 15 is 0 Å². The van der Waals surface area contributed by atoms with Crippen LogP contribution < -0.4 is 10.5 Å². The van der Waals surface area contributed by atoms with E-state index in [0.29, 0.717) is 19.7 Å². The van der Waals surface area contributed by atoms with Crippen LogP contribution in [0.2, 0.25) is 0 Å². The molecular formula is C31H44N2O5. The Labute approximate surface area is 227 Å². The summed E-state index contributed by atoms with van der Waals surface area (Å²) in [5.74, 6) is 0.217. The maximum Gasteiger partial charge on any atom is 0.410 e. The molecule has 0 bridgehead atoms. The molecule has 1 amide bonds. The highest BCUT2D eigenvalue weighted by atomic mass is 16.7. The van der Waals surface area contributed by atoms with Crippen LogP contribution in [0.5, 0.6) is 5.75 Å². The number of fused-ring (bicyclic) bond motifs is 1. The van der Waals surface area contributed by atoms with Crippen molar-refractivity contribution in [3.63, 3.8) is 0 Å². The van der Waals surface area contributed by atoms with Crippen LogP contribution in [0.1, 0.15) is 80.7 Å². The summed E-state index contributed by atoms with van der Waals surface area (Å²) in [6.45, 7) is 7.95. The Morgan fingerprint density at radius 1 is 0.974 bits per heavy atom. The lowest BCUT2D eigenvalue weighted by molar-refractivity contribution is -0.180. The minimum atomic E-state index is -0.616. The summed E-state index contributed by atoms with van der Waals surface area (Å²) in [7, 11) is 0. The molecule has 208 valence electrons. The number of hydrogen-bond acceptors (Lipinski definition) is 6. The van der Waals surface area contributed by atoms with Gasteiger partial charge < -0.3 is 29.6 Å². The third-order valence-corrected chi connectivity index (χ3v) is 7.17. The van der Waals surface area contributed by atoms with Crippen LogP contribution in [-0.2, 0) is 33.7 Å². The molecule has 2 aromatic carbocycles. The molecule has 0 saturated carbocycles. The summed E-state index contributed by atoms with van der Waals surface area (Å²) in [5.41, 5.74) is 10.4. The van der Waals surface area contributed by atoms with E-state index in [4.69, 9.17) is 24.7 Å². The monoisotopic (exact) mass is 524 g/mol. The van der Waals surface area contributed by atoms with Gasteiger partial charge in [0.2, 0.25) is 5.79 Å². The molecule has 1 fully saturated rings. The smallest absolute Gasteiger partial charge is 0.410 e. The van der Waals surface area contributed by atoms with Crippen molar-refractivity contribution in [2.75, 3.05) is 32.8 Å². The molecular weight excluding hydrogens is 480 g/mol. The van der Waals surface area contributed by atoms with Crippen LogP contribution in [0.15, 0.2) is 42.5 Å². The number of amides is 1. The van der Waals surface area contributed by atoms with E-state index < -0.39 is 5.79 Å². The van der Waals surface area contributed by atoms with Crippen LogP contribution in [0.4, 0.5) is 4.79 Å². The zero-order valence-corrected chi connectivity index (χ0v) is 23.1. The Hall–Kier alpha value is -2.61. The first-order valence-electron chi connectivity index (χ1n) is 14.2. The highest BCUT2D eigenvalue weighted by molar-refractivity contribution is 5.70. The van der Waals surface area contributed by atoms with Crippen LogP contribution in [0.25, 0.3) is 0 Å². The Balaban J connectivity index is 1.03. The van der Waals surface area contributed by atoms with Crippen molar-refractivity contribution in [1.82, 2.24) is 4.90 Å². The molecule has 4 rings (SSSR count). The SMILES string of the molecule is CC1(C)OCc2cc(C3CN(CCCCCCOCCCCc4cccc(CCN)c4)C(=O)O3)ccc2O1. The molecule has 38 heavy (non-hydrogen) atoms. The molecule has 2 aliphatic heterocycles. The second-order valence-electron chi connectivity index (χ2n) is 10.8. The van der Waals surface area contributed by atoms with Gasteiger partial charge in [-0.1, -0.05) is 43.2 Å². The number of carbonyl (C=O) groups excluding carboxylic acids is 1. The van der Waals surface area contributed by atoms with Gasteiger partial charge in [0, 0.05) is 39.2 Å². The van der Waals surface area contributed by atoms with Crippen LogP contribution in [0, 0.1) is 0 Å². The third-order valence-electron chi connectivity index (χ3n) is 7.17. The molecule has 0 aromatic heterocycles. The lowest BCUT2D eigenvalue weighted by Gasteiger charge is -2.32. The number of hydrogen-bond donors (Lipinski definition) is 1. The molecule has 1 unspecified atom stereocenters. The minimum Gasteiger partial charge on any atom is -0.463 e. The van der Waals surface area contributed by atoms with Gasteiger partial charge in [0.15, 0.2) is 0 Å². The van der Waals surface area contributed by atoms with Crippen molar-refractivity contribution in [3.05, 3.63) is 64.7 Å². The summed E-state index contributed by atoms with van der Waals surface area (Å²) in [5, 5.41) is 0. The molecule has 1 saturated heterocycles. The Morgan fingerprint density at radius 3 is 2.55 bits per heavy atom. The topological polar surface area (TPSA) is 83.2 Å². The van der Waals surface area contributed by atoms with E-state index in [9.17, 15) is 4.79 Å². The predicted octanol–water partition coefficient (Wildman–Crippen LogP) is 5.93. The second-order valence-corrected chi connectivity index (χ2v) is 10.8. The molecule has 2 heterocycles. The molecule has 1 atom stereocenters. The van der Waals surface area contributed by atoms with Crippen LogP contribution in [0.3, 0.4) is 0 Å². The number of unbranched alkanes of at least 4 members (excludes halogenated alkanes) is 4. The van der Waals surface area contributed by atoms with Crippen molar-refractivity contribution >= 4 is 6.09 Å². The first-order valence-corrected chi connectivity index (χ1v) is 14.2. The summed E-state index contributed by atoms with van der Waals surface area (Å²) in [6, 6.07) is 14.7. The summed E-state index contributed by atoms with van der Waals surface area (Å²) < 4.78 is 23.1. The van der Waals surface area contributed by atoms with Gasteiger partial charge in [-0.2, -0.15) is 0 Å². The van der Waals surface area contributed by atoms with Gasteiger partial charge >= 0.3 is 6.09 Å². The third kappa shape index (κ3) is 8.45. The Kier molecular flexibility index (Phi) is 10.4. The maximum absolute atomic E-state index is 12.4. The van der Waals surface area contributed by atoms with Crippen molar-refractivity contribution in [2.24, 2.45) is 5.73 Å². The molecule has 0 aliphatic carbocycles. The molecule has 0 radical (unpaired) electrons. The van der Waals surface area contributed by atoms with E-state index in [1.807, 2.05) is 36.9 Å². The van der Waals surface area contributed by atoms with E-state index in [0.717, 1.165) is 88.0 Å². The predicted molar refractivity (Wildman–Crippen MR) is 148 cm³/mol. The fraction of sp³-hybridized carbons (Fsp3) is 0.581. The fourth-order valence-corrected chi connectivity index (χ4v) is 5.03. The fourth-order valence-electron chi connectivity index (χ4n) is 5.03. The second kappa shape index (κ2) is 14.0. The van der Waals surface area contributed by atoms with E-state index in [2.05, 4.69) is 24.3 Å². The number of ether oxygens (including phenoxy) is 4. The van der Waals surface area contributed by atoms with E-state index in [1.165, 1.54) is 11.1 Å². The number of carbonyl (C=O) groups is 1. The molecule has 0 spiro atoms. The van der Waals surface area contributed by atoms with Gasteiger partial charge in [-0.15, -0.1) is 0 Å². The average molecular weight is 525 g/mol. The van der Waals surface area contributed by atoms with Crippen molar-refractivity contribution in [2.45, 2.75) is 83.7 Å². The number of aryl methyl sites for hydroxylation is 1.